The van der Waals surface area contributed by atoms with Crippen molar-refractivity contribution in [1.29, 1.82) is 0 Å². The maximum atomic E-state index is 12.1. The minimum atomic E-state index is 0.126. The van der Waals surface area contributed by atoms with Crippen LogP contribution in [0.5, 0.6) is 5.75 Å². The number of aryl methyl sites for hydroxylation is 1. The molecule has 7 heteroatoms. The molecule has 30 heavy (non-hydrogen) atoms. The number of anilines is 1. The van der Waals surface area contributed by atoms with Crippen molar-refractivity contribution in [3.8, 4) is 5.75 Å². The third kappa shape index (κ3) is 5.09. The Hall–Kier alpha value is -2.64. The number of aromatic nitrogens is 1. The van der Waals surface area contributed by atoms with E-state index in [1.165, 1.54) is 5.56 Å². The smallest absolute Gasteiger partial charge is 0.220 e. The average molecular weight is 425 g/mol. The summed E-state index contributed by atoms with van der Waals surface area (Å²) >= 11 is 1.72. The highest BCUT2D eigenvalue weighted by molar-refractivity contribution is 7.22. The van der Waals surface area contributed by atoms with Crippen LogP contribution in [0.3, 0.4) is 0 Å². The Bertz CT molecular complexity index is 968. The van der Waals surface area contributed by atoms with E-state index in [1.54, 1.807) is 18.4 Å². The zero-order valence-corrected chi connectivity index (χ0v) is 18.2. The van der Waals surface area contributed by atoms with Crippen LogP contribution in [0.15, 0.2) is 48.5 Å². The number of thiazole rings is 1. The molecule has 0 unspecified atom stereocenters. The molecule has 3 aromatic rings. The zero-order valence-electron chi connectivity index (χ0n) is 17.3. The molecule has 2 heterocycles. The molecule has 1 saturated heterocycles. The summed E-state index contributed by atoms with van der Waals surface area (Å²) in [6, 6.07) is 16.2. The van der Waals surface area contributed by atoms with Crippen LogP contribution in [-0.4, -0.2) is 62.2 Å². The number of benzene rings is 2. The number of carbonyl (C=O) groups excluding carboxylic acids is 1. The monoisotopic (exact) mass is 424 g/mol. The molecule has 0 saturated carbocycles. The van der Waals surface area contributed by atoms with Gasteiger partial charge in [-0.2, -0.15) is 0 Å². The number of nitrogens with one attached hydrogen (secondary N) is 1. The Morgan fingerprint density at radius 3 is 2.67 bits per heavy atom. The van der Waals surface area contributed by atoms with E-state index >= 15 is 0 Å². The third-order valence-corrected chi connectivity index (χ3v) is 6.55. The maximum absolute atomic E-state index is 12.1. The molecule has 4 rings (SSSR count). The molecule has 1 aromatic heterocycles. The summed E-state index contributed by atoms with van der Waals surface area (Å²) in [6.07, 6.45) is 1.33. The molecule has 0 atom stereocenters. The van der Waals surface area contributed by atoms with E-state index in [4.69, 9.17) is 9.72 Å². The van der Waals surface area contributed by atoms with Gasteiger partial charge in [-0.05, 0) is 24.1 Å². The molecule has 1 aliphatic rings. The van der Waals surface area contributed by atoms with Gasteiger partial charge in [-0.3, -0.25) is 9.69 Å². The minimum Gasteiger partial charge on any atom is -0.494 e. The SMILES string of the molecule is COc1cccc2sc(N3CCN(CCNC(=O)CCc4ccccc4)CC3)nc12. The largest absolute Gasteiger partial charge is 0.494 e. The topological polar surface area (TPSA) is 57.7 Å². The standard InChI is InChI=1S/C23H28N4O2S/c1-29-19-8-5-9-20-22(19)25-23(30-20)27-16-14-26(15-17-27)13-12-24-21(28)11-10-18-6-3-2-4-7-18/h2-9H,10-17H2,1H3,(H,24,28). The molecule has 1 N–H and O–H groups in total. The van der Waals surface area contributed by atoms with Gasteiger partial charge < -0.3 is 15.0 Å². The van der Waals surface area contributed by atoms with E-state index in [0.29, 0.717) is 13.0 Å². The normalized spacial score (nSPS) is 14.8. The van der Waals surface area contributed by atoms with Gasteiger partial charge in [-0.1, -0.05) is 47.7 Å². The number of nitrogens with zero attached hydrogens (tertiary/aromatic N) is 3. The van der Waals surface area contributed by atoms with E-state index in [-0.39, 0.29) is 5.91 Å². The maximum Gasteiger partial charge on any atom is 0.220 e. The second-order valence-corrected chi connectivity index (χ2v) is 8.48. The number of carbonyl (C=O) groups is 1. The quantitative estimate of drug-likeness (QED) is 0.602. The molecule has 158 valence electrons. The van der Waals surface area contributed by atoms with Gasteiger partial charge in [0.15, 0.2) is 5.13 Å². The lowest BCUT2D eigenvalue weighted by atomic mass is 10.1. The van der Waals surface area contributed by atoms with Gasteiger partial charge in [0.25, 0.3) is 0 Å². The first-order chi connectivity index (χ1) is 14.7. The lowest BCUT2D eigenvalue weighted by molar-refractivity contribution is -0.121. The molecule has 0 bridgehead atoms. The second kappa shape index (κ2) is 9.91. The van der Waals surface area contributed by atoms with Crippen LogP contribution in [0.4, 0.5) is 5.13 Å². The minimum absolute atomic E-state index is 0.126. The Morgan fingerprint density at radius 2 is 1.90 bits per heavy atom. The van der Waals surface area contributed by atoms with E-state index in [2.05, 4.69) is 33.3 Å². The first-order valence-corrected chi connectivity index (χ1v) is 11.3. The number of piperazine rings is 1. The number of methoxy groups -OCH3 is 1. The van der Waals surface area contributed by atoms with Gasteiger partial charge >= 0.3 is 0 Å². The molecule has 0 radical (unpaired) electrons. The van der Waals surface area contributed by atoms with Crippen molar-refractivity contribution >= 4 is 32.6 Å². The molecule has 1 aliphatic heterocycles. The molecule has 1 fully saturated rings. The number of fused-ring (bicyclic) bond motifs is 1. The predicted octanol–water partition coefficient (Wildman–Crippen LogP) is 3.18. The van der Waals surface area contributed by atoms with Crippen LogP contribution >= 0.6 is 11.3 Å². The van der Waals surface area contributed by atoms with Crippen molar-refractivity contribution < 1.29 is 9.53 Å². The van der Waals surface area contributed by atoms with Gasteiger partial charge in [0.05, 0.1) is 11.8 Å². The Morgan fingerprint density at radius 1 is 1.10 bits per heavy atom. The summed E-state index contributed by atoms with van der Waals surface area (Å²) in [5.41, 5.74) is 2.15. The summed E-state index contributed by atoms with van der Waals surface area (Å²) in [5.74, 6) is 0.956. The first kappa shape index (κ1) is 20.6. The van der Waals surface area contributed by atoms with Crippen molar-refractivity contribution in [2.45, 2.75) is 12.8 Å². The van der Waals surface area contributed by atoms with Crippen LogP contribution in [0.2, 0.25) is 0 Å². The van der Waals surface area contributed by atoms with Crippen molar-refractivity contribution in [3.05, 3.63) is 54.1 Å². The molecule has 2 aromatic carbocycles. The number of para-hydroxylation sites is 1. The van der Waals surface area contributed by atoms with E-state index < -0.39 is 0 Å². The average Bonchev–Trinajstić information content (AvgIpc) is 3.23. The van der Waals surface area contributed by atoms with Gasteiger partial charge in [-0.25, -0.2) is 4.98 Å². The van der Waals surface area contributed by atoms with Gasteiger partial charge in [0, 0.05) is 45.7 Å². The predicted molar refractivity (Wildman–Crippen MR) is 123 cm³/mol. The number of amides is 1. The zero-order chi connectivity index (χ0) is 20.8. The van der Waals surface area contributed by atoms with Crippen LogP contribution in [-0.2, 0) is 11.2 Å². The lowest BCUT2D eigenvalue weighted by Crippen LogP contribution is -2.48. The number of ether oxygens (including phenoxy) is 1. The second-order valence-electron chi connectivity index (χ2n) is 7.47. The molecular weight excluding hydrogens is 396 g/mol. The molecular formula is C23H28N4O2S. The van der Waals surface area contributed by atoms with E-state index in [1.807, 2.05) is 30.3 Å². The van der Waals surface area contributed by atoms with E-state index in [9.17, 15) is 4.79 Å². The van der Waals surface area contributed by atoms with Crippen molar-refractivity contribution in [2.75, 3.05) is 51.3 Å². The number of rotatable bonds is 8. The highest BCUT2D eigenvalue weighted by Gasteiger charge is 2.20. The lowest BCUT2D eigenvalue weighted by Gasteiger charge is -2.34. The van der Waals surface area contributed by atoms with Crippen LogP contribution in [0, 0.1) is 0 Å². The Kier molecular flexibility index (Phi) is 6.81. The Balaban J connectivity index is 1.19. The highest BCUT2D eigenvalue weighted by atomic mass is 32.1. The summed E-state index contributed by atoms with van der Waals surface area (Å²) in [6.45, 7) is 5.44. The summed E-state index contributed by atoms with van der Waals surface area (Å²) in [4.78, 5) is 21.6. The highest BCUT2D eigenvalue weighted by Crippen LogP contribution is 2.34. The van der Waals surface area contributed by atoms with Crippen molar-refractivity contribution in [1.82, 2.24) is 15.2 Å². The fraction of sp³-hybridized carbons (Fsp3) is 0.391. The fourth-order valence-corrected chi connectivity index (χ4v) is 4.75. The molecule has 6 nitrogen and oxygen atoms in total. The number of hydrogen-bond acceptors (Lipinski definition) is 6. The molecule has 1 amide bonds. The summed E-state index contributed by atoms with van der Waals surface area (Å²) in [7, 11) is 1.69. The third-order valence-electron chi connectivity index (χ3n) is 5.47. The van der Waals surface area contributed by atoms with E-state index in [0.717, 1.165) is 60.2 Å². The fourth-order valence-electron chi connectivity index (χ4n) is 3.72. The number of hydrogen-bond donors (Lipinski definition) is 1. The van der Waals surface area contributed by atoms with Crippen LogP contribution in [0.1, 0.15) is 12.0 Å². The van der Waals surface area contributed by atoms with Crippen molar-refractivity contribution in [2.24, 2.45) is 0 Å². The van der Waals surface area contributed by atoms with Crippen LogP contribution < -0.4 is 15.0 Å². The summed E-state index contributed by atoms with van der Waals surface area (Å²) in [5, 5.41) is 4.11. The summed E-state index contributed by atoms with van der Waals surface area (Å²) < 4.78 is 6.59. The van der Waals surface area contributed by atoms with Gasteiger partial charge in [-0.15, -0.1) is 0 Å². The first-order valence-electron chi connectivity index (χ1n) is 10.4. The molecule has 0 spiro atoms. The van der Waals surface area contributed by atoms with Crippen LogP contribution in [0.25, 0.3) is 10.2 Å². The molecule has 0 aliphatic carbocycles. The van der Waals surface area contributed by atoms with Crippen molar-refractivity contribution in [3.63, 3.8) is 0 Å². The van der Waals surface area contributed by atoms with Gasteiger partial charge in [0.2, 0.25) is 5.91 Å². The van der Waals surface area contributed by atoms with Gasteiger partial charge in [0.1, 0.15) is 11.3 Å². The Labute approximate surface area is 181 Å².